The van der Waals surface area contributed by atoms with E-state index in [0.717, 1.165) is 12.0 Å². The summed E-state index contributed by atoms with van der Waals surface area (Å²) in [5.74, 6) is -0.502. The quantitative estimate of drug-likeness (QED) is 0.213. The van der Waals surface area contributed by atoms with Gasteiger partial charge in [-0.25, -0.2) is 4.79 Å². The maximum atomic E-state index is 12.7. The van der Waals surface area contributed by atoms with Gasteiger partial charge in [-0.2, -0.15) is 0 Å². The van der Waals surface area contributed by atoms with E-state index in [-0.39, 0.29) is 23.9 Å². The average Bonchev–Trinajstić information content (AvgIpc) is 3.68. The summed E-state index contributed by atoms with van der Waals surface area (Å²) in [7, 11) is 0. The molecule has 2 aliphatic heterocycles. The molecule has 4 saturated carbocycles. The molecule has 0 radical (unpaired) electrons. The highest BCUT2D eigenvalue weighted by atomic mass is 16.7. The Morgan fingerprint density at radius 2 is 1.62 bits per heavy atom. The van der Waals surface area contributed by atoms with Crippen LogP contribution in [0.5, 0.6) is 0 Å². The van der Waals surface area contributed by atoms with Crippen molar-refractivity contribution in [2.75, 3.05) is 6.61 Å². The van der Waals surface area contributed by atoms with Crippen molar-refractivity contribution in [1.29, 1.82) is 0 Å². The number of aliphatic hydroxyl groups is 6. The van der Waals surface area contributed by atoms with Gasteiger partial charge in [0.25, 0.3) is 0 Å². The smallest absolute Gasteiger partial charge is 0.335 e. The molecule has 222 valence electrons. The van der Waals surface area contributed by atoms with Crippen molar-refractivity contribution < 1.29 is 49.3 Å². The van der Waals surface area contributed by atoms with Gasteiger partial charge in [0.2, 0.25) is 0 Å². The Morgan fingerprint density at radius 3 is 2.35 bits per heavy atom. The molecule has 6 fully saturated rings. The largest absolute Gasteiger partial charge is 0.431 e. The molecular formula is C29H40O11. The standard InChI is InChI=1S/C29H40O11/c1-26-8-4-17-16(27(26,35)9-5-15(26)14-2-3-20(31)37-13-14)6-11-29(24-18(38-24)7-10-28(17,29)36)40-25-23(34)22(33)21(32)19(12-30)39-25/h2-3,13,15-19,21-25,30,32-36H,4-12H2,1H3/t15-,16-,17+,18-,19-,21-,22+,23-,24-,25+,26-,27+,28+,29+/m1/s1. The summed E-state index contributed by atoms with van der Waals surface area (Å²) in [4.78, 5) is 11.6. The number of aliphatic hydroxyl groups excluding tert-OH is 4. The van der Waals surface area contributed by atoms with E-state index in [9.17, 15) is 35.4 Å². The number of fused-ring (bicyclic) bond motifs is 7. The average molecular weight is 565 g/mol. The van der Waals surface area contributed by atoms with E-state index in [4.69, 9.17) is 18.6 Å². The summed E-state index contributed by atoms with van der Waals surface area (Å²) in [6.07, 6.45) is -1.67. The van der Waals surface area contributed by atoms with Crippen molar-refractivity contribution in [1.82, 2.24) is 0 Å². The van der Waals surface area contributed by atoms with E-state index in [1.807, 2.05) is 0 Å². The van der Waals surface area contributed by atoms with Gasteiger partial charge in [-0.3, -0.25) is 0 Å². The van der Waals surface area contributed by atoms with Crippen LogP contribution in [0.4, 0.5) is 0 Å². The lowest BCUT2D eigenvalue weighted by molar-refractivity contribution is -0.372. The molecule has 1 aromatic heterocycles. The van der Waals surface area contributed by atoms with Crippen LogP contribution in [-0.4, -0.2) is 97.0 Å². The Labute approximate surface area is 231 Å². The Balaban J connectivity index is 1.21. The molecule has 2 saturated heterocycles. The highest BCUT2D eigenvalue weighted by Crippen LogP contribution is 2.71. The highest BCUT2D eigenvalue weighted by molar-refractivity contribution is 5.30. The first kappa shape index (κ1) is 27.4. The zero-order valence-corrected chi connectivity index (χ0v) is 22.6. The molecule has 11 heteroatoms. The Morgan fingerprint density at radius 1 is 0.900 bits per heavy atom. The van der Waals surface area contributed by atoms with Crippen LogP contribution in [0.3, 0.4) is 0 Å². The fourth-order valence-electron chi connectivity index (χ4n) is 9.79. The van der Waals surface area contributed by atoms with Crippen molar-refractivity contribution >= 4 is 0 Å². The van der Waals surface area contributed by atoms with Gasteiger partial charge in [-0.1, -0.05) is 6.92 Å². The molecule has 0 unspecified atom stereocenters. The minimum Gasteiger partial charge on any atom is -0.431 e. The Kier molecular flexibility index (Phi) is 6.20. The van der Waals surface area contributed by atoms with Crippen molar-refractivity contribution in [2.24, 2.45) is 17.3 Å². The third-order valence-corrected chi connectivity index (χ3v) is 12.0. The second kappa shape index (κ2) is 9.05. The molecule has 11 nitrogen and oxygen atoms in total. The van der Waals surface area contributed by atoms with Crippen LogP contribution in [0.15, 0.2) is 27.6 Å². The minimum absolute atomic E-state index is 0.0111. The van der Waals surface area contributed by atoms with Crippen LogP contribution >= 0.6 is 0 Å². The van der Waals surface area contributed by atoms with Gasteiger partial charge in [0.05, 0.1) is 30.2 Å². The lowest BCUT2D eigenvalue weighted by Gasteiger charge is -2.65. The van der Waals surface area contributed by atoms with Crippen LogP contribution in [0, 0.1) is 17.3 Å². The lowest BCUT2D eigenvalue weighted by Crippen LogP contribution is -2.75. The van der Waals surface area contributed by atoms with Gasteiger partial charge in [0.1, 0.15) is 36.1 Å². The fourth-order valence-corrected chi connectivity index (χ4v) is 9.79. The summed E-state index contributed by atoms with van der Waals surface area (Å²) < 4.78 is 23.4. The van der Waals surface area contributed by atoms with Gasteiger partial charge in [0, 0.05) is 11.5 Å². The number of rotatable bonds is 4. The van der Waals surface area contributed by atoms with E-state index >= 15 is 0 Å². The van der Waals surface area contributed by atoms with Crippen LogP contribution in [0.1, 0.15) is 69.8 Å². The second-order valence-electron chi connectivity index (χ2n) is 13.4. The number of hydrogen-bond acceptors (Lipinski definition) is 11. The van der Waals surface area contributed by atoms with E-state index in [2.05, 4.69) is 6.92 Å². The molecule has 6 aliphatic rings. The third kappa shape index (κ3) is 3.47. The molecule has 6 N–H and O–H groups in total. The number of ether oxygens (including phenoxy) is 3. The molecule has 0 amide bonds. The van der Waals surface area contributed by atoms with Crippen molar-refractivity contribution in [3.8, 4) is 0 Å². The minimum atomic E-state index is -1.59. The molecule has 0 aromatic carbocycles. The zero-order valence-electron chi connectivity index (χ0n) is 22.6. The summed E-state index contributed by atoms with van der Waals surface area (Å²) in [5.41, 5.74) is -3.66. The summed E-state index contributed by atoms with van der Waals surface area (Å²) in [5, 5.41) is 66.3. The number of hydrogen-bond donors (Lipinski definition) is 6. The summed E-state index contributed by atoms with van der Waals surface area (Å²) in [6, 6.07) is 3.21. The van der Waals surface area contributed by atoms with Crippen LogP contribution in [0.25, 0.3) is 0 Å². The van der Waals surface area contributed by atoms with Gasteiger partial charge >= 0.3 is 5.63 Å². The van der Waals surface area contributed by atoms with Crippen molar-refractivity contribution in [3.63, 3.8) is 0 Å². The molecule has 14 atom stereocenters. The SMILES string of the molecule is C[C@]12CC[C@H]3[C@@H](CC[C@]4(O[C@@H]5O[C@H](CO)[C@@H](O)[C@H](O)[C@H]5O)[C@@H]5O[C@@H]5CC[C@]34O)[C@@]1(O)CC[C@@H]2c1ccc(=O)oc1. The molecule has 0 bridgehead atoms. The molecule has 40 heavy (non-hydrogen) atoms. The topological polar surface area (TPSA) is 183 Å². The summed E-state index contributed by atoms with van der Waals surface area (Å²) in [6.45, 7) is 1.54. The van der Waals surface area contributed by atoms with Crippen molar-refractivity contribution in [2.45, 2.75) is 124 Å². The monoisotopic (exact) mass is 564 g/mol. The Hall–Kier alpha value is -1.41. The van der Waals surface area contributed by atoms with Crippen LogP contribution in [0.2, 0.25) is 0 Å². The molecular weight excluding hydrogens is 524 g/mol. The molecule has 4 aliphatic carbocycles. The van der Waals surface area contributed by atoms with Crippen molar-refractivity contribution in [3.05, 3.63) is 34.4 Å². The first-order valence-corrected chi connectivity index (χ1v) is 14.7. The van der Waals surface area contributed by atoms with E-state index in [1.54, 1.807) is 6.07 Å². The molecule has 7 rings (SSSR count). The predicted octanol–water partition coefficient (Wildman–Crippen LogP) is -0.0778. The van der Waals surface area contributed by atoms with Crippen LogP contribution in [-0.2, 0) is 14.2 Å². The van der Waals surface area contributed by atoms with Gasteiger partial charge in [-0.15, -0.1) is 0 Å². The maximum absolute atomic E-state index is 12.7. The van der Waals surface area contributed by atoms with Gasteiger partial charge in [0.15, 0.2) is 6.29 Å². The number of epoxide rings is 1. The molecule has 0 spiro atoms. The normalized spacial score (nSPS) is 55.1. The second-order valence-corrected chi connectivity index (χ2v) is 13.4. The highest BCUT2D eigenvalue weighted by Gasteiger charge is 2.77. The lowest BCUT2D eigenvalue weighted by atomic mass is 9.45. The maximum Gasteiger partial charge on any atom is 0.335 e. The Bertz CT molecular complexity index is 1180. The first-order chi connectivity index (χ1) is 19.0. The molecule has 3 heterocycles. The van der Waals surface area contributed by atoms with E-state index < -0.39 is 71.3 Å². The van der Waals surface area contributed by atoms with E-state index in [0.29, 0.717) is 44.9 Å². The van der Waals surface area contributed by atoms with Gasteiger partial charge in [-0.05, 0) is 80.8 Å². The van der Waals surface area contributed by atoms with E-state index in [1.165, 1.54) is 12.3 Å². The summed E-state index contributed by atoms with van der Waals surface area (Å²) >= 11 is 0. The predicted molar refractivity (Wildman–Crippen MR) is 136 cm³/mol. The zero-order chi connectivity index (χ0) is 28.2. The fraction of sp³-hybridized carbons (Fsp3) is 0.828. The van der Waals surface area contributed by atoms with Crippen LogP contribution < -0.4 is 5.63 Å². The first-order valence-electron chi connectivity index (χ1n) is 14.7. The van der Waals surface area contributed by atoms with Gasteiger partial charge < -0.3 is 49.3 Å². The third-order valence-electron chi connectivity index (χ3n) is 12.0. The molecule has 1 aromatic rings.